The van der Waals surface area contributed by atoms with Crippen LogP contribution in [0.4, 0.5) is 5.69 Å². The van der Waals surface area contributed by atoms with E-state index >= 15 is 0 Å². The minimum atomic E-state index is -0.319. The lowest BCUT2D eigenvalue weighted by Crippen LogP contribution is -2.33. The third-order valence-corrected chi connectivity index (χ3v) is 6.47. The fourth-order valence-corrected chi connectivity index (χ4v) is 4.68. The number of nitrogens with zero attached hydrogens (tertiary/aromatic N) is 2. The predicted octanol–water partition coefficient (Wildman–Crippen LogP) is 3.71. The fourth-order valence-electron chi connectivity index (χ4n) is 4.18. The zero-order valence-corrected chi connectivity index (χ0v) is 18.0. The molecule has 1 unspecified atom stereocenters. The van der Waals surface area contributed by atoms with Crippen molar-refractivity contribution in [3.63, 3.8) is 0 Å². The first-order chi connectivity index (χ1) is 14.1. The predicted molar refractivity (Wildman–Crippen MR) is 117 cm³/mol. The van der Waals surface area contributed by atoms with Crippen molar-refractivity contribution in [1.82, 2.24) is 10.2 Å². The summed E-state index contributed by atoms with van der Waals surface area (Å²) in [6.07, 6.45) is 2.79. The van der Waals surface area contributed by atoms with Crippen LogP contribution in [0.25, 0.3) is 0 Å². The van der Waals surface area contributed by atoms with Crippen LogP contribution < -0.4 is 10.2 Å². The molecule has 2 heterocycles. The van der Waals surface area contributed by atoms with Gasteiger partial charge in [0.2, 0.25) is 11.8 Å². The number of likely N-dealkylation sites (tertiary alicyclic amines) is 1. The summed E-state index contributed by atoms with van der Waals surface area (Å²) >= 11 is 3.50. The summed E-state index contributed by atoms with van der Waals surface area (Å²) < 4.78 is 0.866. The van der Waals surface area contributed by atoms with Crippen LogP contribution in [-0.4, -0.2) is 36.3 Å². The molecule has 6 heteroatoms. The van der Waals surface area contributed by atoms with Crippen LogP contribution in [-0.2, 0) is 22.7 Å². The van der Waals surface area contributed by atoms with Gasteiger partial charge in [-0.3, -0.25) is 14.5 Å². The van der Waals surface area contributed by atoms with Gasteiger partial charge in [-0.2, -0.15) is 0 Å². The number of para-hydroxylation sites is 1. The second-order valence-electron chi connectivity index (χ2n) is 7.83. The number of carbonyl (C=O) groups is 2. The Bertz CT molecular complexity index is 895. The van der Waals surface area contributed by atoms with Crippen LogP contribution in [0.1, 0.15) is 30.4 Å². The molecule has 2 fully saturated rings. The average molecular weight is 456 g/mol. The standard InChI is InChI=1S/C23H26BrN3O2/c24-20-9-3-4-10-21(20)27-16-19(13-22(27)28)23(29)25-14-17-7-1-2-8-18(17)15-26-11-5-6-12-26/h1-4,7-10,19H,5-6,11-16H2,(H,25,29). The van der Waals surface area contributed by atoms with E-state index in [-0.39, 0.29) is 24.2 Å². The van der Waals surface area contributed by atoms with Gasteiger partial charge in [-0.05, 0) is 65.1 Å². The van der Waals surface area contributed by atoms with Gasteiger partial charge in [-0.15, -0.1) is 0 Å². The topological polar surface area (TPSA) is 52.7 Å². The molecular formula is C23H26BrN3O2. The Morgan fingerprint density at radius 2 is 1.72 bits per heavy atom. The lowest BCUT2D eigenvalue weighted by molar-refractivity contribution is -0.126. The quantitative estimate of drug-likeness (QED) is 0.721. The van der Waals surface area contributed by atoms with Crippen LogP contribution in [0.5, 0.6) is 0 Å². The minimum absolute atomic E-state index is 0.00789. The SMILES string of the molecule is O=C(NCc1ccccc1CN1CCCC1)C1CC(=O)N(c2ccccc2Br)C1. The maximum atomic E-state index is 12.8. The van der Waals surface area contributed by atoms with E-state index in [1.807, 2.05) is 30.3 Å². The zero-order chi connectivity index (χ0) is 20.2. The molecule has 2 aliphatic rings. The van der Waals surface area contributed by atoms with Crippen molar-refractivity contribution in [2.45, 2.75) is 32.4 Å². The van der Waals surface area contributed by atoms with E-state index in [9.17, 15) is 9.59 Å². The van der Waals surface area contributed by atoms with Crippen molar-refractivity contribution < 1.29 is 9.59 Å². The number of amides is 2. The molecule has 0 radical (unpaired) electrons. The van der Waals surface area contributed by atoms with Gasteiger partial charge in [-0.25, -0.2) is 0 Å². The van der Waals surface area contributed by atoms with E-state index in [1.54, 1.807) is 4.90 Å². The molecule has 2 saturated heterocycles. The lowest BCUT2D eigenvalue weighted by Gasteiger charge is -2.19. The van der Waals surface area contributed by atoms with E-state index in [2.05, 4.69) is 44.3 Å². The number of hydrogen-bond acceptors (Lipinski definition) is 3. The molecule has 0 spiro atoms. The Morgan fingerprint density at radius 3 is 2.48 bits per heavy atom. The van der Waals surface area contributed by atoms with Gasteiger partial charge in [0.1, 0.15) is 0 Å². The van der Waals surface area contributed by atoms with Crippen LogP contribution >= 0.6 is 15.9 Å². The molecule has 29 heavy (non-hydrogen) atoms. The molecule has 4 rings (SSSR count). The van der Waals surface area contributed by atoms with E-state index in [0.717, 1.165) is 35.4 Å². The number of nitrogens with one attached hydrogen (secondary N) is 1. The van der Waals surface area contributed by atoms with E-state index < -0.39 is 0 Å². The van der Waals surface area contributed by atoms with E-state index in [1.165, 1.54) is 18.4 Å². The first-order valence-corrected chi connectivity index (χ1v) is 11.0. The Balaban J connectivity index is 1.37. The lowest BCUT2D eigenvalue weighted by atomic mass is 10.1. The highest BCUT2D eigenvalue weighted by Gasteiger charge is 2.35. The second-order valence-corrected chi connectivity index (χ2v) is 8.68. The van der Waals surface area contributed by atoms with Gasteiger partial charge in [0.15, 0.2) is 0 Å². The molecule has 0 aromatic heterocycles. The molecule has 152 valence electrons. The molecule has 1 atom stereocenters. The van der Waals surface area contributed by atoms with Crippen molar-refractivity contribution in [2.75, 3.05) is 24.5 Å². The highest BCUT2D eigenvalue weighted by Crippen LogP contribution is 2.31. The molecule has 5 nitrogen and oxygen atoms in total. The second kappa shape index (κ2) is 9.09. The van der Waals surface area contributed by atoms with Gasteiger partial charge < -0.3 is 10.2 Å². The smallest absolute Gasteiger partial charge is 0.227 e. The Kier molecular flexibility index (Phi) is 6.31. The molecule has 2 amide bonds. The molecular weight excluding hydrogens is 430 g/mol. The third-order valence-electron chi connectivity index (χ3n) is 5.80. The number of anilines is 1. The maximum absolute atomic E-state index is 12.8. The van der Waals surface area contributed by atoms with Gasteiger partial charge in [0.25, 0.3) is 0 Å². The van der Waals surface area contributed by atoms with Gasteiger partial charge in [0.05, 0.1) is 11.6 Å². The highest BCUT2D eigenvalue weighted by atomic mass is 79.9. The molecule has 0 aliphatic carbocycles. The first kappa shape index (κ1) is 20.1. The fraction of sp³-hybridized carbons (Fsp3) is 0.391. The van der Waals surface area contributed by atoms with E-state index in [4.69, 9.17) is 0 Å². The van der Waals surface area contributed by atoms with Crippen LogP contribution in [0.3, 0.4) is 0 Å². The van der Waals surface area contributed by atoms with Crippen molar-refractivity contribution >= 4 is 33.4 Å². The molecule has 0 bridgehead atoms. The monoisotopic (exact) mass is 455 g/mol. The minimum Gasteiger partial charge on any atom is -0.352 e. The van der Waals surface area contributed by atoms with Crippen LogP contribution in [0.2, 0.25) is 0 Å². The van der Waals surface area contributed by atoms with Gasteiger partial charge in [-0.1, -0.05) is 36.4 Å². The third kappa shape index (κ3) is 4.70. The normalized spacial score (nSPS) is 19.7. The van der Waals surface area contributed by atoms with Crippen LogP contribution in [0, 0.1) is 5.92 Å². The van der Waals surface area contributed by atoms with Gasteiger partial charge in [0, 0.05) is 30.5 Å². The van der Waals surface area contributed by atoms with Gasteiger partial charge >= 0.3 is 0 Å². The van der Waals surface area contributed by atoms with Crippen molar-refractivity contribution in [3.8, 4) is 0 Å². The summed E-state index contributed by atoms with van der Waals surface area (Å²) in [7, 11) is 0. The van der Waals surface area contributed by atoms with Crippen molar-refractivity contribution in [1.29, 1.82) is 0 Å². The number of carbonyl (C=O) groups excluding carboxylic acids is 2. The summed E-state index contributed by atoms with van der Waals surface area (Å²) in [5.41, 5.74) is 3.25. The largest absolute Gasteiger partial charge is 0.352 e. The summed E-state index contributed by atoms with van der Waals surface area (Å²) in [6, 6.07) is 15.9. The first-order valence-electron chi connectivity index (χ1n) is 10.2. The summed E-state index contributed by atoms with van der Waals surface area (Å²) in [5, 5.41) is 3.07. The summed E-state index contributed by atoms with van der Waals surface area (Å²) in [5.74, 6) is -0.379. The molecule has 2 aromatic carbocycles. The van der Waals surface area contributed by atoms with E-state index in [0.29, 0.717) is 13.1 Å². The summed E-state index contributed by atoms with van der Waals surface area (Å²) in [4.78, 5) is 29.4. The van der Waals surface area contributed by atoms with Crippen LogP contribution in [0.15, 0.2) is 53.0 Å². The average Bonchev–Trinajstić information content (AvgIpc) is 3.37. The number of rotatable bonds is 6. The summed E-state index contributed by atoms with van der Waals surface area (Å²) in [6.45, 7) is 4.15. The molecule has 2 aromatic rings. The van der Waals surface area contributed by atoms with Crippen molar-refractivity contribution in [3.05, 3.63) is 64.1 Å². The number of halogens is 1. The van der Waals surface area contributed by atoms with Crippen molar-refractivity contribution in [2.24, 2.45) is 5.92 Å². The molecule has 1 N–H and O–H groups in total. The zero-order valence-electron chi connectivity index (χ0n) is 16.4. The molecule has 2 aliphatic heterocycles. The number of benzene rings is 2. The highest BCUT2D eigenvalue weighted by molar-refractivity contribution is 9.10. The maximum Gasteiger partial charge on any atom is 0.227 e. The Morgan fingerprint density at radius 1 is 1.03 bits per heavy atom. The number of hydrogen-bond donors (Lipinski definition) is 1. The Labute approximate surface area is 180 Å². The molecule has 0 saturated carbocycles. The Hall–Kier alpha value is -2.18.